The Morgan fingerprint density at radius 3 is 2.77 bits per heavy atom. The number of carboxylic acids is 1. The summed E-state index contributed by atoms with van der Waals surface area (Å²) in [6.07, 6.45) is -0.166. The van der Waals surface area contributed by atoms with Gasteiger partial charge in [0.1, 0.15) is 18.0 Å². The number of nitrogens with zero attached hydrogens (tertiary/aromatic N) is 3. The van der Waals surface area contributed by atoms with Crippen molar-refractivity contribution in [1.29, 1.82) is 0 Å². The smallest absolute Gasteiger partial charge is 0.311 e. The van der Waals surface area contributed by atoms with E-state index in [1.54, 1.807) is 22.9 Å². The number of benzene rings is 1. The summed E-state index contributed by atoms with van der Waals surface area (Å²) in [5.41, 5.74) is 0.735. The first-order chi connectivity index (χ1) is 10.4. The van der Waals surface area contributed by atoms with Crippen LogP contribution in [-0.4, -0.2) is 31.9 Å². The molecule has 2 aromatic rings. The topological polar surface area (TPSA) is 77.2 Å². The quantitative estimate of drug-likeness (QED) is 0.884. The summed E-state index contributed by atoms with van der Waals surface area (Å²) in [7, 11) is 0. The molecule has 0 saturated heterocycles. The molecular weight excluding hydrogens is 306 g/mol. The van der Waals surface area contributed by atoms with E-state index in [1.165, 1.54) is 0 Å². The number of hydrogen-bond acceptors (Lipinski definition) is 4. The van der Waals surface area contributed by atoms with E-state index < -0.39 is 5.97 Å². The average Bonchev–Trinajstić information content (AvgIpc) is 2.83. The van der Waals surface area contributed by atoms with E-state index in [-0.39, 0.29) is 12.5 Å². The van der Waals surface area contributed by atoms with E-state index in [4.69, 9.17) is 21.4 Å². The molecule has 1 aromatic heterocycles. The van der Waals surface area contributed by atoms with Crippen molar-refractivity contribution in [3.63, 3.8) is 0 Å². The molecule has 118 valence electrons. The summed E-state index contributed by atoms with van der Waals surface area (Å²) in [6, 6.07) is 5.27. The minimum Gasteiger partial charge on any atom is -0.489 e. The third-order valence-electron chi connectivity index (χ3n) is 2.91. The molecule has 0 atom stereocenters. The van der Waals surface area contributed by atoms with Gasteiger partial charge in [0.25, 0.3) is 0 Å². The van der Waals surface area contributed by atoms with Gasteiger partial charge in [0.2, 0.25) is 0 Å². The lowest BCUT2D eigenvalue weighted by molar-refractivity contribution is -0.136. The highest BCUT2D eigenvalue weighted by atomic mass is 35.5. The van der Waals surface area contributed by atoms with Crippen LogP contribution < -0.4 is 4.74 Å². The van der Waals surface area contributed by atoms with Gasteiger partial charge in [0.05, 0.1) is 11.1 Å². The molecule has 1 heterocycles. The third-order valence-corrected chi connectivity index (χ3v) is 3.22. The molecule has 0 bridgehead atoms. The number of carbonyl (C=O) groups is 1. The Kier molecular flexibility index (Phi) is 5.03. The highest BCUT2D eigenvalue weighted by Crippen LogP contribution is 2.30. The lowest BCUT2D eigenvalue weighted by Gasteiger charge is -2.11. The molecule has 0 amide bonds. The first-order valence-electron chi connectivity index (χ1n) is 7.02. The van der Waals surface area contributed by atoms with Crippen LogP contribution in [0.3, 0.4) is 0 Å². The minimum absolute atomic E-state index is 0.00326. The molecular formula is C15H18ClN3O3. The number of aliphatic carboxylic acids is 1. The zero-order valence-electron chi connectivity index (χ0n) is 12.7. The van der Waals surface area contributed by atoms with Crippen molar-refractivity contribution in [3.8, 4) is 17.1 Å². The molecule has 22 heavy (non-hydrogen) atoms. The number of carboxylic acid groups (broad SMARTS) is 1. The zero-order valence-corrected chi connectivity index (χ0v) is 13.5. The van der Waals surface area contributed by atoms with E-state index >= 15 is 0 Å². The summed E-state index contributed by atoms with van der Waals surface area (Å²) in [4.78, 5) is 15.2. The number of rotatable bonds is 6. The molecule has 0 unspecified atom stereocenters. The van der Waals surface area contributed by atoms with Gasteiger partial charge in [-0.05, 0) is 39.0 Å². The van der Waals surface area contributed by atoms with Crippen molar-refractivity contribution in [2.24, 2.45) is 0 Å². The Hall–Kier alpha value is -2.08. The van der Waals surface area contributed by atoms with Gasteiger partial charge in [-0.25, -0.2) is 9.67 Å². The van der Waals surface area contributed by atoms with Crippen LogP contribution in [0.5, 0.6) is 5.75 Å². The Morgan fingerprint density at radius 2 is 2.18 bits per heavy atom. The monoisotopic (exact) mass is 323 g/mol. The third kappa shape index (κ3) is 3.76. The first kappa shape index (κ1) is 16.3. The number of hydrogen-bond donors (Lipinski definition) is 1. The van der Waals surface area contributed by atoms with Crippen molar-refractivity contribution in [2.45, 2.75) is 39.8 Å². The minimum atomic E-state index is -0.936. The van der Waals surface area contributed by atoms with Crippen molar-refractivity contribution in [1.82, 2.24) is 14.8 Å². The van der Waals surface area contributed by atoms with E-state index in [9.17, 15) is 4.79 Å². The second-order valence-electron chi connectivity index (χ2n) is 5.05. The fourth-order valence-electron chi connectivity index (χ4n) is 2.00. The van der Waals surface area contributed by atoms with Gasteiger partial charge >= 0.3 is 5.97 Å². The molecule has 0 aliphatic rings. The van der Waals surface area contributed by atoms with Crippen molar-refractivity contribution in [3.05, 3.63) is 29.0 Å². The SMILES string of the molecule is CCn1nc(-c2ccc(Cl)c(OC(C)C)c2)nc1CC(=O)O. The van der Waals surface area contributed by atoms with E-state index in [1.807, 2.05) is 20.8 Å². The van der Waals surface area contributed by atoms with Gasteiger partial charge < -0.3 is 9.84 Å². The van der Waals surface area contributed by atoms with Gasteiger partial charge in [-0.15, -0.1) is 0 Å². The molecule has 1 N–H and O–H groups in total. The van der Waals surface area contributed by atoms with Crippen LogP contribution in [-0.2, 0) is 17.8 Å². The lowest BCUT2D eigenvalue weighted by atomic mass is 10.2. The van der Waals surface area contributed by atoms with Gasteiger partial charge in [-0.2, -0.15) is 5.10 Å². The summed E-state index contributed by atoms with van der Waals surface area (Å²) in [5.74, 6) is 0.505. The standard InChI is InChI=1S/C15H18ClN3O3/c1-4-19-13(8-14(20)21)17-15(18-19)10-5-6-11(16)12(7-10)22-9(2)3/h5-7,9H,4,8H2,1-3H3,(H,20,21). The average molecular weight is 324 g/mol. The molecule has 1 aromatic carbocycles. The molecule has 0 aliphatic carbocycles. The summed E-state index contributed by atoms with van der Waals surface area (Å²) < 4.78 is 7.23. The van der Waals surface area contributed by atoms with E-state index in [2.05, 4.69) is 10.1 Å². The van der Waals surface area contributed by atoms with E-state index in [0.29, 0.717) is 29.0 Å². The van der Waals surface area contributed by atoms with Crippen LogP contribution in [0.2, 0.25) is 5.02 Å². The predicted octanol–water partition coefficient (Wildman–Crippen LogP) is 3.03. The second-order valence-corrected chi connectivity index (χ2v) is 5.46. The summed E-state index contributed by atoms with van der Waals surface area (Å²) in [6.45, 7) is 6.27. The Bertz CT molecular complexity index is 683. The van der Waals surface area contributed by atoms with Crippen molar-refractivity contribution < 1.29 is 14.6 Å². The molecule has 0 aliphatic heterocycles. The summed E-state index contributed by atoms with van der Waals surface area (Å²) in [5, 5.41) is 13.8. The lowest BCUT2D eigenvalue weighted by Crippen LogP contribution is -2.09. The fraction of sp³-hybridized carbons (Fsp3) is 0.400. The van der Waals surface area contributed by atoms with Crippen molar-refractivity contribution in [2.75, 3.05) is 0 Å². The van der Waals surface area contributed by atoms with Gasteiger partial charge in [-0.1, -0.05) is 11.6 Å². The molecule has 7 heteroatoms. The molecule has 0 saturated carbocycles. The maximum atomic E-state index is 10.9. The highest BCUT2D eigenvalue weighted by molar-refractivity contribution is 6.32. The highest BCUT2D eigenvalue weighted by Gasteiger charge is 2.15. The van der Waals surface area contributed by atoms with Gasteiger partial charge in [0, 0.05) is 12.1 Å². The van der Waals surface area contributed by atoms with E-state index in [0.717, 1.165) is 5.56 Å². The largest absolute Gasteiger partial charge is 0.489 e. The maximum Gasteiger partial charge on any atom is 0.311 e. The number of aryl methyl sites for hydroxylation is 1. The Morgan fingerprint density at radius 1 is 1.45 bits per heavy atom. The predicted molar refractivity (Wildman–Crippen MR) is 83.2 cm³/mol. The normalized spacial score (nSPS) is 11.0. The Labute approximate surface area is 133 Å². The molecule has 6 nitrogen and oxygen atoms in total. The number of ether oxygens (including phenoxy) is 1. The van der Waals surface area contributed by atoms with Crippen LogP contribution in [0, 0.1) is 0 Å². The number of halogens is 1. The van der Waals surface area contributed by atoms with Crippen LogP contribution in [0.4, 0.5) is 0 Å². The molecule has 0 spiro atoms. The van der Waals surface area contributed by atoms with Crippen LogP contribution >= 0.6 is 11.6 Å². The van der Waals surface area contributed by atoms with Crippen LogP contribution in [0.1, 0.15) is 26.6 Å². The molecule has 2 rings (SSSR count). The van der Waals surface area contributed by atoms with Gasteiger partial charge in [0.15, 0.2) is 5.82 Å². The van der Waals surface area contributed by atoms with Crippen LogP contribution in [0.15, 0.2) is 18.2 Å². The van der Waals surface area contributed by atoms with Gasteiger partial charge in [-0.3, -0.25) is 4.79 Å². The molecule has 0 radical (unpaired) electrons. The number of aromatic nitrogens is 3. The second kappa shape index (κ2) is 6.79. The molecule has 0 fully saturated rings. The first-order valence-corrected chi connectivity index (χ1v) is 7.40. The maximum absolute atomic E-state index is 10.9. The summed E-state index contributed by atoms with van der Waals surface area (Å²) >= 11 is 6.11. The fourth-order valence-corrected chi connectivity index (χ4v) is 2.16. The van der Waals surface area contributed by atoms with Crippen LogP contribution in [0.25, 0.3) is 11.4 Å². The Balaban J connectivity index is 2.39. The zero-order chi connectivity index (χ0) is 16.3. The van der Waals surface area contributed by atoms with Crippen molar-refractivity contribution >= 4 is 17.6 Å².